The van der Waals surface area contributed by atoms with Gasteiger partial charge >= 0.3 is 11.9 Å². The standard InChI is InChI=1S/C26H38ClN3O11/c1-39-17-11-16(29-25-22(35)20(33)21(34)23(41-25)26(37)38)14(27)10-13(17)24(36)28-15-7-9-30(12-18(15)40-2)8-5-3-4-6-19(31)32/h10-11,15,18,20-23,25,29,33-35H,3-9,12H2,1-2H3,(H,28,36)(H,31,32)(H,37,38)/t15-,18+,20+,21+,22-,23+,25-/m1/s1. The first kappa shape index (κ1) is 32.8. The number of carboxylic acid groups (broad SMARTS) is 2. The third-order valence-corrected chi connectivity index (χ3v) is 7.63. The molecule has 7 N–H and O–H groups in total. The molecule has 7 atom stereocenters. The minimum atomic E-state index is -1.84. The fourth-order valence-corrected chi connectivity index (χ4v) is 5.21. The largest absolute Gasteiger partial charge is 0.496 e. The van der Waals surface area contributed by atoms with Gasteiger partial charge in [-0.25, -0.2) is 4.79 Å². The number of nitrogens with one attached hydrogen (secondary N) is 2. The Balaban J connectivity index is 1.64. The number of aliphatic hydroxyl groups is 3. The monoisotopic (exact) mass is 603 g/mol. The van der Waals surface area contributed by atoms with Crippen LogP contribution in [0.1, 0.15) is 42.5 Å². The number of carboxylic acids is 2. The molecular weight excluding hydrogens is 566 g/mol. The van der Waals surface area contributed by atoms with Crippen LogP contribution in [0.3, 0.4) is 0 Å². The van der Waals surface area contributed by atoms with Gasteiger partial charge in [0, 0.05) is 32.7 Å². The molecule has 0 aliphatic carbocycles. The third kappa shape index (κ3) is 8.41. The number of unbranched alkanes of at least 4 members (excludes halogenated alkanes) is 2. The Morgan fingerprint density at radius 2 is 1.80 bits per heavy atom. The number of methoxy groups -OCH3 is 2. The Hall–Kier alpha value is -2.72. The van der Waals surface area contributed by atoms with E-state index >= 15 is 0 Å². The van der Waals surface area contributed by atoms with E-state index in [0.29, 0.717) is 19.4 Å². The molecular formula is C26H38ClN3O11. The Bertz CT molecular complexity index is 1080. The Kier molecular flexibility index (Phi) is 12.0. The van der Waals surface area contributed by atoms with Gasteiger partial charge in [-0.15, -0.1) is 0 Å². The number of anilines is 1. The van der Waals surface area contributed by atoms with Crippen LogP contribution in [0.2, 0.25) is 5.02 Å². The summed E-state index contributed by atoms with van der Waals surface area (Å²) in [4.78, 5) is 37.5. The molecule has 2 fully saturated rings. The van der Waals surface area contributed by atoms with Gasteiger partial charge in [-0.2, -0.15) is 0 Å². The molecule has 2 saturated heterocycles. The second-order valence-electron chi connectivity index (χ2n) is 10.1. The maximum absolute atomic E-state index is 13.3. The van der Waals surface area contributed by atoms with Crippen LogP contribution in [0.15, 0.2) is 12.1 Å². The van der Waals surface area contributed by atoms with Crippen LogP contribution in [0.4, 0.5) is 5.69 Å². The number of piperidine rings is 1. The number of halogens is 1. The number of nitrogens with zero attached hydrogens (tertiary/aromatic N) is 1. The zero-order chi connectivity index (χ0) is 30.3. The smallest absolute Gasteiger partial charge is 0.335 e. The molecule has 15 heteroatoms. The fraction of sp³-hybridized carbons (Fsp3) is 0.654. The normalized spacial score (nSPS) is 28.6. The van der Waals surface area contributed by atoms with E-state index in [9.17, 15) is 34.8 Å². The molecule has 14 nitrogen and oxygen atoms in total. The molecule has 0 unspecified atom stereocenters. The van der Waals surface area contributed by atoms with E-state index in [2.05, 4.69) is 15.5 Å². The van der Waals surface area contributed by atoms with Gasteiger partial charge in [-0.05, 0) is 31.9 Å². The zero-order valence-corrected chi connectivity index (χ0v) is 23.6. The number of carbonyl (C=O) groups is 3. The van der Waals surface area contributed by atoms with E-state index in [0.717, 1.165) is 25.9 Å². The highest BCUT2D eigenvalue weighted by molar-refractivity contribution is 6.33. The molecule has 0 saturated carbocycles. The first-order valence-electron chi connectivity index (χ1n) is 13.3. The third-order valence-electron chi connectivity index (χ3n) is 7.32. The molecule has 0 aromatic heterocycles. The van der Waals surface area contributed by atoms with E-state index in [1.807, 2.05) is 0 Å². The van der Waals surface area contributed by atoms with Crippen molar-refractivity contribution >= 4 is 35.1 Å². The lowest BCUT2D eigenvalue weighted by molar-refractivity contribution is -0.221. The van der Waals surface area contributed by atoms with Gasteiger partial charge in [0.15, 0.2) is 12.3 Å². The lowest BCUT2D eigenvalue weighted by Gasteiger charge is -2.39. The molecule has 1 amide bonds. The van der Waals surface area contributed by atoms with Crippen LogP contribution in [0.5, 0.6) is 5.75 Å². The van der Waals surface area contributed by atoms with Gasteiger partial charge in [-0.3, -0.25) is 9.59 Å². The quantitative estimate of drug-likeness (QED) is 0.150. The summed E-state index contributed by atoms with van der Waals surface area (Å²) in [6.07, 6.45) is -5.73. The summed E-state index contributed by atoms with van der Waals surface area (Å²) in [5.74, 6) is -2.65. The van der Waals surface area contributed by atoms with Crippen LogP contribution >= 0.6 is 11.6 Å². The van der Waals surface area contributed by atoms with Crippen molar-refractivity contribution in [3.63, 3.8) is 0 Å². The lowest BCUT2D eigenvalue weighted by Crippen LogP contribution is -2.61. The SMILES string of the molecule is COc1cc(N[C@@H]2O[C@H](C(=O)O)[C@@H](O)[C@H](O)[C@H]2O)c(Cl)cc1C(=O)N[C@@H]1CCN(CCCCCC(=O)O)C[C@@H]1OC. The molecule has 0 radical (unpaired) electrons. The van der Waals surface area contributed by atoms with Crippen molar-refractivity contribution in [2.24, 2.45) is 0 Å². The molecule has 1 aromatic carbocycles. The van der Waals surface area contributed by atoms with Crippen molar-refractivity contribution in [3.05, 3.63) is 22.7 Å². The molecule has 1 aromatic rings. The number of hydrogen-bond acceptors (Lipinski definition) is 11. The number of aliphatic hydroxyl groups excluding tert-OH is 3. The molecule has 2 heterocycles. The van der Waals surface area contributed by atoms with Crippen LogP contribution in [0, 0.1) is 0 Å². The summed E-state index contributed by atoms with van der Waals surface area (Å²) in [7, 11) is 2.92. The first-order chi connectivity index (χ1) is 19.5. The predicted octanol–water partition coefficient (Wildman–Crippen LogP) is 0.117. The number of hydrogen-bond donors (Lipinski definition) is 7. The second-order valence-corrected chi connectivity index (χ2v) is 10.5. The van der Waals surface area contributed by atoms with Gasteiger partial charge in [0.25, 0.3) is 5.91 Å². The Labute approximate surface area is 242 Å². The molecule has 2 aliphatic heterocycles. The van der Waals surface area contributed by atoms with Crippen LogP contribution in [0.25, 0.3) is 0 Å². The Morgan fingerprint density at radius 3 is 2.44 bits per heavy atom. The average molecular weight is 604 g/mol. The topological polar surface area (TPSA) is 207 Å². The van der Waals surface area contributed by atoms with Crippen molar-refractivity contribution < 1.29 is 54.1 Å². The van der Waals surface area contributed by atoms with Gasteiger partial charge in [0.2, 0.25) is 0 Å². The summed E-state index contributed by atoms with van der Waals surface area (Å²) in [5, 5.41) is 54.0. The van der Waals surface area contributed by atoms with Crippen molar-refractivity contribution in [3.8, 4) is 5.75 Å². The zero-order valence-electron chi connectivity index (χ0n) is 22.9. The fourth-order valence-electron chi connectivity index (χ4n) is 4.99. The number of ether oxygens (including phenoxy) is 3. The summed E-state index contributed by atoms with van der Waals surface area (Å²) >= 11 is 6.41. The molecule has 2 aliphatic rings. The highest BCUT2D eigenvalue weighted by atomic mass is 35.5. The highest BCUT2D eigenvalue weighted by Crippen LogP contribution is 2.33. The van der Waals surface area contributed by atoms with Crippen molar-refractivity contribution in [2.75, 3.05) is 39.2 Å². The molecule has 41 heavy (non-hydrogen) atoms. The Morgan fingerprint density at radius 1 is 1.07 bits per heavy atom. The molecule has 3 rings (SSSR count). The van der Waals surface area contributed by atoms with Gasteiger partial charge in [0.05, 0.1) is 35.5 Å². The van der Waals surface area contributed by atoms with E-state index in [1.54, 1.807) is 7.11 Å². The average Bonchev–Trinajstić information content (AvgIpc) is 2.93. The van der Waals surface area contributed by atoms with Crippen LogP contribution < -0.4 is 15.4 Å². The maximum atomic E-state index is 13.3. The number of aliphatic carboxylic acids is 2. The summed E-state index contributed by atoms with van der Waals surface area (Å²) < 4.78 is 16.3. The van der Waals surface area contributed by atoms with Gasteiger partial charge in [0.1, 0.15) is 24.1 Å². The van der Waals surface area contributed by atoms with E-state index in [4.69, 9.17) is 30.9 Å². The summed E-state index contributed by atoms with van der Waals surface area (Å²) in [6.45, 7) is 2.13. The van der Waals surface area contributed by atoms with Crippen molar-refractivity contribution in [1.29, 1.82) is 0 Å². The van der Waals surface area contributed by atoms with Crippen LogP contribution in [-0.4, -0.2) is 125 Å². The predicted molar refractivity (Wildman–Crippen MR) is 145 cm³/mol. The second kappa shape index (κ2) is 15.0. The lowest BCUT2D eigenvalue weighted by atomic mass is 9.98. The molecule has 0 bridgehead atoms. The summed E-state index contributed by atoms with van der Waals surface area (Å²) in [5.41, 5.74) is 0.256. The van der Waals surface area contributed by atoms with E-state index in [-0.39, 0.29) is 40.6 Å². The minimum absolute atomic E-state index is 0.0280. The van der Waals surface area contributed by atoms with E-state index < -0.39 is 48.5 Å². The van der Waals surface area contributed by atoms with Gasteiger partial charge in [-0.1, -0.05) is 18.0 Å². The van der Waals surface area contributed by atoms with Gasteiger partial charge < -0.3 is 55.3 Å². The first-order valence-corrected chi connectivity index (χ1v) is 13.7. The number of rotatable bonds is 13. The van der Waals surface area contributed by atoms with Crippen molar-refractivity contribution in [2.45, 2.75) is 74.9 Å². The highest BCUT2D eigenvalue weighted by Gasteiger charge is 2.47. The number of benzene rings is 1. The molecule has 230 valence electrons. The van der Waals surface area contributed by atoms with Crippen LogP contribution in [-0.2, 0) is 19.1 Å². The minimum Gasteiger partial charge on any atom is -0.496 e. The maximum Gasteiger partial charge on any atom is 0.335 e. The summed E-state index contributed by atoms with van der Waals surface area (Å²) in [6, 6.07) is 2.44. The van der Waals surface area contributed by atoms with E-state index in [1.165, 1.54) is 19.2 Å². The molecule has 0 spiro atoms. The number of likely N-dealkylation sites (tertiary alicyclic amines) is 1. The van der Waals surface area contributed by atoms with Crippen molar-refractivity contribution in [1.82, 2.24) is 10.2 Å². The number of carbonyl (C=O) groups excluding carboxylic acids is 1. The number of amides is 1.